The Labute approximate surface area is 117 Å². The van der Waals surface area contributed by atoms with E-state index >= 15 is 0 Å². The van der Waals surface area contributed by atoms with Gasteiger partial charge in [0, 0.05) is 13.1 Å². The fourth-order valence-corrected chi connectivity index (χ4v) is 3.13. The van der Waals surface area contributed by atoms with Crippen molar-refractivity contribution in [3.8, 4) is 0 Å². The molecule has 1 atom stereocenters. The number of carbonyl (C=O) groups is 1. The molecular weight excluding hydrogens is 288 g/mol. The molecule has 1 amide bonds. The second kappa shape index (κ2) is 6.30. The molecule has 112 valence electrons. The number of halogens is 2. The lowest BCUT2D eigenvalue weighted by Gasteiger charge is -2.22. The van der Waals surface area contributed by atoms with Crippen LogP contribution in [-0.4, -0.2) is 37.6 Å². The molecule has 0 aliphatic carbocycles. The Hall–Kier alpha value is -1.50. The molecule has 7 heteroatoms. The van der Waals surface area contributed by atoms with Crippen molar-refractivity contribution in [3.05, 3.63) is 29.8 Å². The van der Waals surface area contributed by atoms with Gasteiger partial charge in [-0.2, -0.15) is 0 Å². The first-order valence-electron chi connectivity index (χ1n) is 6.23. The van der Waals surface area contributed by atoms with Crippen molar-refractivity contribution in [2.24, 2.45) is 0 Å². The molecule has 0 heterocycles. The van der Waals surface area contributed by atoms with Crippen molar-refractivity contribution < 1.29 is 22.0 Å². The third kappa shape index (κ3) is 3.15. The number of benzene rings is 1. The Morgan fingerprint density at radius 3 is 2.20 bits per heavy atom. The molecule has 4 nitrogen and oxygen atoms in total. The molecule has 1 aromatic rings. The zero-order valence-electron chi connectivity index (χ0n) is 11.6. The van der Waals surface area contributed by atoms with Crippen LogP contribution in [0.25, 0.3) is 0 Å². The van der Waals surface area contributed by atoms with E-state index in [1.165, 1.54) is 11.8 Å². The van der Waals surface area contributed by atoms with Crippen molar-refractivity contribution in [3.63, 3.8) is 0 Å². The minimum absolute atomic E-state index is 0.382. The van der Waals surface area contributed by atoms with Crippen LogP contribution in [0.2, 0.25) is 0 Å². The van der Waals surface area contributed by atoms with Crippen LogP contribution >= 0.6 is 0 Å². The third-order valence-corrected chi connectivity index (χ3v) is 5.15. The van der Waals surface area contributed by atoms with Gasteiger partial charge in [-0.25, -0.2) is 17.2 Å². The van der Waals surface area contributed by atoms with Crippen LogP contribution < -0.4 is 0 Å². The highest BCUT2D eigenvalue weighted by Gasteiger charge is 2.32. The molecule has 0 radical (unpaired) electrons. The van der Waals surface area contributed by atoms with Crippen LogP contribution in [0.15, 0.2) is 23.1 Å². The Morgan fingerprint density at radius 2 is 1.75 bits per heavy atom. The van der Waals surface area contributed by atoms with Crippen LogP contribution in [-0.2, 0) is 14.6 Å². The van der Waals surface area contributed by atoms with E-state index in [1.807, 2.05) is 0 Å². The largest absolute Gasteiger partial charge is 0.342 e. The smallest absolute Gasteiger partial charge is 0.240 e. The van der Waals surface area contributed by atoms with Gasteiger partial charge in [-0.1, -0.05) is 0 Å². The molecule has 0 aliphatic heterocycles. The molecule has 0 bridgehead atoms. The Kier molecular flexibility index (Phi) is 5.21. The number of hydrogen-bond acceptors (Lipinski definition) is 3. The Bertz CT molecular complexity index is 598. The van der Waals surface area contributed by atoms with Gasteiger partial charge in [0.1, 0.15) is 5.25 Å². The second-order valence-corrected chi connectivity index (χ2v) is 6.54. The van der Waals surface area contributed by atoms with Gasteiger partial charge < -0.3 is 4.90 Å². The first kappa shape index (κ1) is 16.6. The third-order valence-electron chi connectivity index (χ3n) is 3.11. The van der Waals surface area contributed by atoms with Gasteiger partial charge in [-0.15, -0.1) is 0 Å². The summed E-state index contributed by atoms with van der Waals surface area (Å²) in [5, 5.41) is -1.34. The van der Waals surface area contributed by atoms with Crippen LogP contribution in [0.5, 0.6) is 0 Å². The summed E-state index contributed by atoms with van der Waals surface area (Å²) in [7, 11) is -4.04. The molecule has 1 rings (SSSR count). The maximum atomic E-state index is 13.1. The van der Waals surface area contributed by atoms with Crippen molar-refractivity contribution in [1.82, 2.24) is 4.90 Å². The van der Waals surface area contributed by atoms with E-state index in [2.05, 4.69) is 0 Å². The summed E-state index contributed by atoms with van der Waals surface area (Å²) in [4.78, 5) is 13.0. The van der Waals surface area contributed by atoms with Crippen molar-refractivity contribution >= 4 is 15.7 Å². The van der Waals surface area contributed by atoms with Gasteiger partial charge in [0.25, 0.3) is 0 Å². The molecule has 0 spiro atoms. The lowest BCUT2D eigenvalue weighted by molar-refractivity contribution is -0.130. The normalized spacial score (nSPS) is 13.1. The van der Waals surface area contributed by atoms with E-state index in [0.29, 0.717) is 19.2 Å². The molecule has 1 aromatic carbocycles. The van der Waals surface area contributed by atoms with E-state index in [4.69, 9.17) is 0 Å². The van der Waals surface area contributed by atoms with Crippen molar-refractivity contribution in [2.75, 3.05) is 13.1 Å². The second-order valence-electron chi connectivity index (χ2n) is 4.27. The average Bonchev–Trinajstić information content (AvgIpc) is 2.41. The fraction of sp³-hybridized carbons (Fsp3) is 0.462. The first-order valence-corrected chi connectivity index (χ1v) is 7.78. The van der Waals surface area contributed by atoms with Gasteiger partial charge >= 0.3 is 0 Å². The van der Waals surface area contributed by atoms with Crippen LogP contribution in [0.3, 0.4) is 0 Å². The molecular formula is C13H17F2NO3S. The molecule has 0 saturated heterocycles. The highest BCUT2D eigenvalue weighted by atomic mass is 32.2. The summed E-state index contributed by atoms with van der Waals surface area (Å²) < 4.78 is 50.4. The van der Waals surface area contributed by atoms with E-state index in [1.54, 1.807) is 13.8 Å². The van der Waals surface area contributed by atoms with Gasteiger partial charge in [-0.3, -0.25) is 4.79 Å². The quantitative estimate of drug-likeness (QED) is 0.782. The number of carbonyl (C=O) groups excluding carboxylic acids is 1. The van der Waals surface area contributed by atoms with Crippen LogP contribution in [0.4, 0.5) is 8.78 Å². The summed E-state index contributed by atoms with van der Waals surface area (Å²) in [6.07, 6.45) is 0. The first-order chi connectivity index (χ1) is 9.25. The average molecular weight is 305 g/mol. The van der Waals surface area contributed by atoms with Gasteiger partial charge in [0.2, 0.25) is 5.91 Å². The van der Waals surface area contributed by atoms with Gasteiger partial charge in [0.15, 0.2) is 21.5 Å². The zero-order chi connectivity index (χ0) is 15.5. The van der Waals surface area contributed by atoms with E-state index < -0.39 is 37.5 Å². The number of sulfone groups is 1. The predicted octanol–water partition coefficient (Wildman–Crippen LogP) is 2.00. The van der Waals surface area contributed by atoms with Gasteiger partial charge in [0.05, 0.1) is 4.90 Å². The molecule has 1 unspecified atom stereocenters. The molecule has 0 fully saturated rings. The standard InChI is InChI=1S/C13H17F2NO3S/c1-4-16(5-2)13(17)9(3)20(18,19)10-6-7-11(14)12(15)8-10/h6-9H,4-5H2,1-3H3. The highest BCUT2D eigenvalue weighted by Crippen LogP contribution is 2.20. The summed E-state index contributed by atoms with van der Waals surface area (Å²) in [6, 6.07) is 2.28. The Morgan fingerprint density at radius 1 is 1.20 bits per heavy atom. The lowest BCUT2D eigenvalue weighted by atomic mass is 10.3. The summed E-state index contributed by atoms with van der Waals surface area (Å²) in [5.74, 6) is -2.94. The van der Waals surface area contributed by atoms with Gasteiger partial charge in [-0.05, 0) is 39.0 Å². The summed E-state index contributed by atoms with van der Waals surface area (Å²) >= 11 is 0. The predicted molar refractivity (Wildman–Crippen MR) is 70.9 cm³/mol. The SMILES string of the molecule is CCN(CC)C(=O)C(C)S(=O)(=O)c1ccc(F)c(F)c1. The van der Waals surface area contributed by atoms with Crippen molar-refractivity contribution in [1.29, 1.82) is 0 Å². The van der Waals surface area contributed by atoms with Crippen molar-refractivity contribution in [2.45, 2.75) is 30.9 Å². The zero-order valence-corrected chi connectivity index (χ0v) is 12.4. The van der Waals surface area contributed by atoms with E-state index in [9.17, 15) is 22.0 Å². The van der Waals surface area contributed by atoms with Crippen LogP contribution in [0, 0.1) is 11.6 Å². The number of nitrogens with zero attached hydrogens (tertiary/aromatic N) is 1. The van der Waals surface area contributed by atoms with E-state index in [-0.39, 0.29) is 0 Å². The molecule has 0 aromatic heterocycles. The number of rotatable bonds is 5. The molecule has 0 aliphatic rings. The number of hydrogen-bond donors (Lipinski definition) is 0. The number of amides is 1. The van der Waals surface area contributed by atoms with Crippen LogP contribution in [0.1, 0.15) is 20.8 Å². The molecule has 0 N–H and O–H groups in total. The minimum Gasteiger partial charge on any atom is -0.342 e. The lowest BCUT2D eigenvalue weighted by Crippen LogP contribution is -2.41. The highest BCUT2D eigenvalue weighted by molar-refractivity contribution is 7.92. The maximum Gasteiger partial charge on any atom is 0.240 e. The summed E-state index contributed by atoms with van der Waals surface area (Å²) in [6.45, 7) is 5.48. The minimum atomic E-state index is -4.04. The topological polar surface area (TPSA) is 54.5 Å². The Balaban J connectivity index is 3.15. The summed E-state index contributed by atoms with van der Waals surface area (Å²) in [5.41, 5.74) is 0. The monoisotopic (exact) mass is 305 g/mol. The van der Waals surface area contributed by atoms with E-state index in [0.717, 1.165) is 12.1 Å². The molecule has 0 saturated carbocycles. The maximum absolute atomic E-state index is 13.1. The molecule has 20 heavy (non-hydrogen) atoms. The fourth-order valence-electron chi connectivity index (χ4n) is 1.78.